The molecule has 2 heterocycles. The van der Waals surface area contributed by atoms with Crippen LogP contribution in [0.1, 0.15) is 66.7 Å². The molecule has 0 atom stereocenters. The van der Waals surface area contributed by atoms with Gasteiger partial charge in [-0.05, 0) is 31.3 Å². The summed E-state index contributed by atoms with van der Waals surface area (Å²) in [6, 6.07) is 0. The molecule has 1 fully saturated rings. The highest BCUT2D eigenvalue weighted by Gasteiger charge is 2.42. The first-order valence-electron chi connectivity index (χ1n) is 8.23. The molecule has 0 aromatic carbocycles. The van der Waals surface area contributed by atoms with Crippen LogP contribution in [0.25, 0.3) is 0 Å². The lowest BCUT2D eigenvalue weighted by atomic mass is 9.73. The van der Waals surface area contributed by atoms with E-state index in [1.165, 1.54) is 43.8 Å². The fourth-order valence-electron chi connectivity index (χ4n) is 3.21. The van der Waals surface area contributed by atoms with Gasteiger partial charge in [-0.3, -0.25) is 4.99 Å². The lowest BCUT2D eigenvalue weighted by molar-refractivity contribution is 0.0444. The predicted molar refractivity (Wildman–Crippen MR) is 85.8 cm³/mol. The smallest absolute Gasteiger partial charge is 0.126 e. The van der Waals surface area contributed by atoms with Crippen molar-refractivity contribution in [2.75, 3.05) is 19.6 Å². The SMILES string of the molecule is CC.CCCC1(CC)CN(C2=NCCC=C2CC)C1. The molecule has 19 heavy (non-hydrogen) atoms. The zero-order valence-corrected chi connectivity index (χ0v) is 13.6. The Morgan fingerprint density at radius 2 is 1.89 bits per heavy atom. The Morgan fingerprint density at radius 3 is 2.42 bits per heavy atom. The molecule has 0 aromatic rings. The maximum atomic E-state index is 4.74. The van der Waals surface area contributed by atoms with E-state index in [-0.39, 0.29) is 0 Å². The summed E-state index contributed by atoms with van der Waals surface area (Å²) in [5, 5.41) is 0. The van der Waals surface area contributed by atoms with Gasteiger partial charge in [0.1, 0.15) is 5.84 Å². The highest BCUT2D eigenvalue weighted by molar-refractivity contribution is 5.99. The van der Waals surface area contributed by atoms with Crippen molar-refractivity contribution in [2.45, 2.75) is 66.7 Å². The van der Waals surface area contributed by atoms with E-state index in [1.54, 1.807) is 0 Å². The summed E-state index contributed by atoms with van der Waals surface area (Å²) >= 11 is 0. The van der Waals surface area contributed by atoms with Crippen LogP contribution in [0.5, 0.6) is 0 Å². The summed E-state index contributed by atoms with van der Waals surface area (Å²) in [7, 11) is 0. The zero-order chi connectivity index (χ0) is 14.3. The van der Waals surface area contributed by atoms with Crippen molar-refractivity contribution >= 4 is 5.84 Å². The van der Waals surface area contributed by atoms with Gasteiger partial charge in [0.25, 0.3) is 0 Å². The fraction of sp³-hybridized carbons (Fsp3) is 0.824. The normalized spacial score (nSPS) is 20.8. The van der Waals surface area contributed by atoms with Gasteiger partial charge in [-0.2, -0.15) is 0 Å². The average molecular weight is 264 g/mol. The largest absolute Gasteiger partial charge is 0.355 e. The molecule has 0 N–H and O–H groups in total. The van der Waals surface area contributed by atoms with Gasteiger partial charge in [0.15, 0.2) is 0 Å². The van der Waals surface area contributed by atoms with Crippen molar-refractivity contribution in [1.29, 1.82) is 0 Å². The summed E-state index contributed by atoms with van der Waals surface area (Å²) in [4.78, 5) is 7.25. The van der Waals surface area contributed by atoms with Crippen molar-refractivity contribution in [3.8, 4) is 0 Å². The molecule has 0 spiro atoms. The summed E-state index contributed by atoms with van der Waals surface area (Å²) in [5.74, 6) is 1.30. The molecular weight excluding hydrogens is 232 g/mol. The highest BCUT2D eigenvalue weighted by atomic mass is 15.3. The monoisotopic (exact) mass is 264 g/mol. The minimum Gasteiger partial charge on any atom is -0.355 e. The Balaban J connectivity index is 0.000000861. The van der Waals surface area contributed by atoms with Crippen LogP contribution < -0.4 is 0 Å². The number of aliphatic imine (C=N–C) groups is 1. The fourth-order valence-corrected chi connectivity index (χ4v) is 3.21. The molecule has 0 aliphatic carbocycles. The van der Waals surface area contributed by atoms with E-state index >= 15 is 0 Å². The third kappa shape index (κ3) is 3.61. The van der Waals surface area contributed by atoms with Crippen LogP contribution in [-0.4, -0.2) is 30.4 Å². The maximum absolute atomic E-state index is 4.74. The molecule has 2 heteroatoms. The molecule has 0 amide bonds. The Bertz CT molecular complexity index is 322. The summed E-state index contributed by atoms with van der Waals surface area (Å²) in [6.07, 6.45) is 8.64. The summed E-state index contributed by atoms with van der Waals surface area (Å²) < 4.78 is 0. The molecule has 2 aliphatic heterocycles. The standard InChI is InChI=1S/C15H26N2.C2H6/c1-4-9-15(6-3)11-17(12-15)14-13(5-2)8-7-10-16-14;1-2/h8H,4-7,9-12H2,1-3H3;1-2H3. The lowest BCUT2D eigenvalue weighted by Gasteiger charge is -2.52. The first-order valence-corrected chi connectivity index (χ1v) is 8.23. The van der Waals surface area contributed by atoms with Gasteiger partial charge < -0.3 is 4.90 Å². The summed E-state index contributed by atoms with van der Waals surface area (Å²) in [5.41, 5.74) is 2.06. The van der Waals surface area contributed by atoms with Crippen LogP contribution in [0.4, 0.5) is 0 Å². The predicted octanol–water partition coefficient (Wildman–Crippen LogP) is 4.66. The minimum absolute atomic E-state index is 0.591. The number of hydrogen-bond acceptors (Lipinski definition) is 2. The molecule has 2 nitrogen and oxygen atoms in total. The Hall–Kier alpha value is -0.790. The van der Waals surface area contributed by atoms with E-state index in [0.717, 1.165) is 19.4 Å². The molecule has 0 unspecified atom stereocenters. The number of nitrogens with zero attached hydrogens (tertiary/aromatic N) is 2. The van der Waals surface area contributed by atoms with Crippen molar-refractivity contribution < 1.29 is 0 Å². The third-order valence-corrected chi connectivity index (χ3v) is 4.33. The van der Waals surface area contributed by atoms with Crippen LogP contribution in [0, 0.1) is 5.41 Å². The van der Waals surface area contributed by atoms with E-state index in [0.29, 0.717) is 5.41 Å². The lowest BCUT2D eigenvalue weighted by Crippen LogP contribution is -2.58. The highest BCUT2D eigenvalue weighted by Crippen LogP contribution is 2.39. The van der Waals surface area contributed by atoms with Crippen LogP contribution in [0.15, 0.2) is 16.6 Å². The van der Waals surface area contributed by atoms with Gasteiger partial charge in [-0.25, -0.2) is 0 Å². The van der Waals surface area contributed by atoms with E-state index in [9.17, 15) is 0 Å². The van der Waals surface area contributed by atoms with Crippen LogP contribution >= 0.6 is 0 Å². The van der Waals surface area contributed by atoms with Crippen molar-refractivity contribution in [3.63, 3.8) is 0 Å². The van der Waals surface area contributed by atoms with E-state index in [4.69, 9.17) is 4.99 Å². The van der Waals surface area contributed by atoms with Gasteiger partial charge in [0.2, 0.25) is 0 Å². The molecule has 2 rings (SSSR count). The molecule has 2 aliphatic rings. The molecular formula is C17H32N2. The zero-order valence-electron chi connectivity index (χ0n) is 13.6. The van der Waals surface area contributed by atoms with Crippen LogP contribution in [0.3, 0.4) is 0 Å². The van der Waals surface area contributed by atoms with Crippen molar-refractivity contribution in [3.05, 3.63) is 11.6 Å². The van der Waals surface area contributed by atoms with Crippen LogP contribution in [0.2, 0.25) is 0 Å². The second kappa shape index (κ2) is 7.72. The second-order valence-electron chi connectivity index (χ2n) is 5.54. The summed E-state index contributed by atoms with van der Waals surface area (Å²) in [6.45, 7) is 14.3. The number of hydrogen-bond donors (Lipinski definition) is 0. The van der Waals surface area contributed by atoms with Gasteiger partial charge in [0, 0.05) is 25.0 Å². The average Bonchev–Trinajstić information content (AvgIpc) is 2.44. The van der Waals surface area contributed by atoms with E-state index < -0.39 is 0 Å². The maximum Gasteiger partial charge on any atom is 0.126 e. The quantitative estimate of drug-likeness (QED) is 0.721. The first-order chi connectivity index (χ1) is 9.24. The Morgan fingerprint density at radius 1 is 1.21 bits per heavy atom. The number of dihydropyridines is 1. The minimum atomic E-state index is 0.591. The number of amidine groups is 1. The Labute approximate surface area is 120 Å². The molecule has 0 aromatic heterocycles. The van der Waals surface area contributed by atoms with Crippen molar-refractivity contribution in [1.82, 2.24) is 4.90 Å². The molecule has 0 saturated carbocycles. The number of likely N-dealkylation sites (tertiary alicyclic amines) is 1. The van der Waals surface area contributed by atoms with Gasteiger partial charge in [-0.15, -0.1) is 0 Å². The van der Waals surface area contributed by atoms with Gasteiger partial charge >= 0.3 is 0 Å². The van der Waals surface area contributed by atoms with E-state index in [2.05, 4.69) is 31.7 Å². The molecule has 110 valence electrons. The van der Waals surface area contributed by atoms with Gasteiger partial charge in [0.05, 0.1) is 0 Å². The molecule has 0 radical (unpaired) electrons. The second-order valence-corrected chi connectivity index (χ2v) is 5.54. The Kier molecular flexibility index (Phi) is 6.60. The van der Waals surface area contributed by atoms with Crippen molar-refractivity contribution in [2.24, 2.45) is 10.4 Å². The topological polar surface area (TPSA) is 15.6 Å². The number of rotatable bonds is 4. The molecule has 0 bridgehead atoms. The first kappa shape index (κ1) is 16.3. The molecule has 1 saturated heterocycles. The third-order valence-electron chi connectivity index (χ3n) is 4.33. The van der Waals surface area contributed by atoms with Crippen LogP contribution in [-0.2, 0) is 0 Å². The van der Waals surface area contributed by atoms with E-state index in [1.807, 2.05) is 13.8 Å². The van der Waals surface area contributed by atoms with Gasteiger partial charge in [-0.1, -0.05) is 47.1 Å².